The standard InChI is InChI=1S/C39H53NO7Si/c1-27(47-38(42)45-26-30-12-10-9-11-13-30)35-36(34(39(2,3)4)22-23-46-48(7)8)40(37(35)41)31(24-28-14-18-32(43-5)19-15-28)25-29-16-20-33(44-6)21-17-29/h9-21,27,31,34-36,48H,22-26H2,1-8H3/t27-,34?,35-,36+/m1/s1. The van der Waals surface area contributed by atoms with Gasteiger partial charge in [-0.05, 0) is 91.6 Å². The molecule has 8 nitrogen and oxygen atoms in total. The SMILES string of the molecule is COc1ccc(CC(Cc2ccc(OC)cc2)N2C(=O)[C@H]([C@@H](C)OC(=O)OCc3ccccc3)[C@@H]2C(CCO[SiH](C)C)C(C)(C)C)cc1. The highest BCUT2D eigenvalue weighted by molar-refractivity contribution is 6.48. The first kappa shape index (κ1) is 37.0. The second kappa shape index (κ2) is 17.0. The molecule has 4 rings (SSSR count). The lowest BCUT2D eigenvalue weighted by Gasteiger charge is -2.58. The van der Waals surface area contributed by atoms with Crippen LogP contribution in [0.5, 0.6) is 11.5 Å². The molecule has 1 aliphatic heterocycles. The summed E-state index contributed by atoms with van der Waals surface area (Å²) in [6.45, 7) is 13.6. The molecule has 0 spiro atoms. The number of likely N-dealkylation sites (tertiary alicyclic amines) is 1. The monoisotopic (exact) mass is 675 g/mol. The molecular formula is C39H53NO7Si. The molecule has 48 heavy (non-hydrogen) atoms. The molecule has 0 saturated carbocycles. The maximum atomic E-state index is 14.4. The van der Waals surface area contributed by atoms with E-state index in [-0.39, 0.29) is 35.9 Å². The molecule has 1 unspecified atom stereocenters. The molecule has 9 heteroatoms. The Balaban J connectivity index is 1.66. The quantitative estimate of drug-likeness (QED) is 0.0885. The van der Waals surface area contributed by atoms with Crippen molar-refractivity contribution >= 4 is 21.1 Å². The average Bonchev–Trinajstić information content (AvgIpc) is 3.05. The average molecular weight is 676 g/mol. The number of nitrogens with zero attached hydrogens (tertiary/aromatic N) is 1. The zero-order chi connectivity index (χ0) is 34.8. The molecule has 260 valence electrons. The number of rotatable bonds is 16. The fraction of sp³-hybridized carbons (Fsp3) is 0.487. The van der Waals surface area contributed by atoms with Crippen molar-refractivity contribution in [2.24, 2.45) is 17.3 Å². The summed E-state index contributed by atoms with van der Waals surface area (Å²) in [5.74, 6) is 1.14. The van der Waals surface area contributed by atoms with E-state index in [1.54, 1.807) is 14.2 Å². The van der Waals surface area contributed by atoms with Crippen LogP contribution in [0, 0.1) is 17.3 Å². The summed E-state index contributed by atoms with van der Waals surface area (Å²) in [6, 6.07) is 25.3. The Morgan fingerprint density at radius 2 is 1.38 bits per heavy atom. The summed E-state index contributed by atoms with van der Waals surface area (Å²) in [4.78, 5) is 29.4. The maximum absolute atomic E-state index is 14.4. The molecule has 0 aliphatic carbocycles. The number of ether oxygens (including phenoxy) is 4. The first-order valence-corrected chi connectivity index (χ1v) is 19.8. The minimum atomic E-state index is -1.24. The number of carbonyl (C=O) groups is 2. The number of hydrogen-bond donors (Lipinski definition) is 0. The summed E-state index contributed by atoms with van der Waals surface area (Å²) >= 11 is 0. The zero-order valence-electron chi connectivity index (χ0n) is 29.8. The summed E-state index contributed by atoms with van der Waals surface area (Å²) in [6.07, 6.45) is 0.667. The molecule has 1 aliphatic rings. The maximum Gasteiger partial charge on any atom is 0.508 e. The van der Waals surface area contributed by atoms with Crippen LogP contribution in [0.3, 0.4) is 0 Å². The van der Waals surface area contributed by atoms with Crippen LogP contribution < -0.4 is 9.47 Å². The Bertz CT molecular complexity index is 1390. The molecule has 0 aromatic heterocycles. The molecule has 0 bridgehead atoms. The van der Waals surface area contributed by atoms with E-state index in [4.69, 9.17) is 23.4 Å². The largest absolute Gasteiger partial charge is 0.508 e. The van der Waals surface area contributed by atoms with Crippen LogP contribution in [0.1, 0.15) is 50.8 Å². The third-order valence-corrected chi connectivity index (χ3v) is 10.2. The second-order valence-corrected chi connectivity index (χ2v) is 16.5. The molecule has 0 radical (unpaired) electrons. The van der Waals surface area contributed by atoms with E-state index in [2.05, 4.69) is 63.0 Å². The molecule has 3 aromatic carbocycles. The number of methoxy groups -OCH3 is 2. The topological polar surface area (TPSA) is 83.5 Å². The van der Waals surface area contributed by atoms with Gasteiger partial charge in [-0.3, -0.25) is 4.79 Å². The smallest absolute Gasteiger partial charge is 0.497 e. The summed E-state index contributed by atoms with van der Waals surface area (Å²) in [5, 5.41) is 0. The number of β-lactam (4-membered cyclic amide) rings is 1. The van der Waals surface area contributed by atoms with E-state index < -0.39 is 27.2 Å². The van der Waals surface area contributed by atoms with Crippen LogP contribution in [0.15, 0.2) is 78.9 Å². The van der Waals surface area contributed by atoms with E-state index >= 15 is 0 Å². The van der Waals surface area contributed by atoms with Gasteiger partial charge >= 0.3 is 6.16 Å². The van der Waals surface area contributed by atoms with Crippen LogP contribution in [-0.2, 0) is 38.1 Å². The Morgan fingerprint density at radius 1 is 0.833 bits per heavy atom. The lowest BCUT2D eigenvalue weighted by Crippen LogP contribution is -2.71. The van der Waals surface area contributed by atoms with Crippen molar-refractivity contribution in [2.45, 2.75) is 84.8 Å². The Kier molecular flexibility index (Phi) is 13.1. The van der Waals surface area contributed by atoms with E-state index in [1.807, 2.05) is 61.5 Å². The minimum Gasteiger partial charge on any atom is -0.497 e. The van der Waals surface area contributed by atoms with Crippen LogP contribution in [0.4, 0.5) is 4.79 Å². The van der Waals surface area contributed by atoms with Crippen molar-refractivity contribution < 1.29 is 33.0 Å². The minimum absolute atomic E-state index is 0.0104. The molecule has 1 saturated heterocycles. The molecular weight excluding hydrogens is 623 g/mol. The molecule has 1 fully saturated rings. The highest BCUT2D eigenvalue weighted by Crippen LogP contribution is 2.46. The van der Waals surface area contributed by atoms with Crippen LogP contribution in [0.2, 0.25) is 13.1 Å². The van der Waals surface area contributed by atoms with Crippen molar-refractivity contribution in [3.05, 3.63) is 95.6 Å². The van der Waals surface area contributed by atoms with Gasteiger partial charge in [-0.2, -0.15) is 0 Å². The highest BCUT2D eigenvalue weighted by atomic mass is 28.3. The van der Waals surface area contributed by atoms with E-state index in [1.165, 1.54) is 0 Å². The van der Waals surface area contributed by atoms with E-state index in [0.717, 1.165) is 34.6 Å². The predicted octanol–water partition coefficient (Wildman–Crippen LogP) is 7.48. The third kappa shape index (κ3) is 9.86. The highest BCUT2D eigenvalue weighted by Gasteiger charge is 2.58. The van der Waals surface area contributed by atoms with Gasteiger partial charge in [-0.25, -0.2) is 4.79 Å². The lowest BCUT2D eigenvalue weighted by atomic mass is 9.64. The van der Waals surface area contributed by atoms with Gasteiger partial charge < -0.3 is 28.3 Å². The van der Waals surface area contributed by atoms with Gasteiger partial charge in [0.2, 0.25) is 5.91 Å². The van der Waals surface area contributed by atoms with Gasteiger partial charge in [0.1, 0.15) is 24.2 Å². The van der Waals surface area contributed by atoms with Crippen molar-refractivity contribution in [1.82, 2.24) is 4.90 Å². The van der Waals surface area contributed by atoms with Gasteiger partial charge in [0.25, 0.3) is 0 Å². The van der Waals surface area contributed by atoms with Gasteiger partial charge in [0.05, 0.1) is 26.2 Å². The number of hydrogen-bond acceptors (Lipinski definition) is 7. The number of amides is 1. The third-order valence-electron chi connectivity index (χ3n) is 9.27. The molecule has 0 N–H and O–H groups in total. The second-order valence-electron chi connectivity index (χ2n) is 14.0. The summed E-state index contributed by atoms with van der Waals surface area (Å²) in [7, 11) is 2.07. The molecule has 1 heterocycles. The fourth-order valence-electron chi connectivity index (χ4n) is 6.76. The molecule has 1 amide bonds. The van der Waals surface area contributed by atoms with E-state index in [9.17, 15) is 9.59 Å². The first-order valence-electron chi connectivity index (χ1n) is 17.0. The lowest BCUT2D eigenvalue weighted by molar-refractivity contribution is -0.180. The van der Waals surface area contributed by atoms with Crippen molar-refractivity contribution in [3.8, 4) is 11.5 Å². The van der Waals surface area contributed by atoms with Gasteiger partial charge in [0, 0.05) is 12.6 Å². The van der Waals surface area contributed by atoms with E-state index in [0.29, 0.717) is 19.4 Å². The Hall–Kier alpha value is -3.82. The summed E-state index contributed by atoms with van der Waals surface area (Å²) in [5.41, 5.74) is 2.94. The number of carbonyl (C=O) groups excluding carboxylic acids is 2. The normalized spacial score (nSPS) is 17.5. The van der Waals surface area contributed by atoms with Crippen molar-refractivity contribution in [2.75, 3.05) is 20.8 Å². The Morgan fingerprint density at radius 3 is 1.85 bits per heavy atom. The molecule has 3 aromatic rings. The summed E-state index contributed by atoms with van der Waals surface area (Å²) < 4.78 is 28.3. The van der Waals surface area contributed by atoms with Gasteiger partial charge in [-0.1, -0.05) is 75.4 Å². The first-order chi connectivity index (χ1) is 22.9. The van der Waals surface area contributed by atoms with Crippen molar-refractivity contribution in [1.29, 1.82) is 0 Å². The predicted molar refractivity (Wildman–Crippen MR) is 191 cm³/mol. The number of benzene rings is 3. The Labute approximate surface area is 288 Å². The van der Waals surface area contributed by atoms with Gasteiger partial charge in [-0.15, -0.1) is 0 Å². The fourth-order valence-corrected chi connectivity index (χ4v) is 7.37. The van der Waals surface area contributed by atoms with Gasteiger partial charge in [0.15, 0.2) is 9.04 Å². The zero-order valence-corrected chi connectivity index (χ0v) is 31.0. The van der Waals surface area contributed by atoms with Crippen LogP contribution in [-0.4, -0.2) is 65.0 Å². The van der Waals surface area contributed by atoms with Crippen LogP contribution >= 0.6 is 0 Å². The molecule has 4 atom stereocenters. The van der Waals surface area contributed by atoms with Crippen molar-refractivity contribution in [3.63, 3.8) is 0 Å². The van der Waals surface area contributed by atoms with Crippen LogP contribution in [0.25, 0.3) is 0 Å².